The van der Waals surface area contributed by atoms with Crippen LogP contribution in [0.2, 0.25) is 5.02 Å². The van der Waals surface area contributed by atoms with E-state index >= 15 is 0 Å². The highest BCUT2D eigenvalue weighted by Crippen LogP contribution is 2.39. The Bertz CT molecular complexity index is 578. The highest BCUT2D eigenvalue weighted by Gasteiger charge is 2.30. The zero-order chi connectivity index (χ0) is 13.2. The third kappa shape index (κ3) is 3.13. The molecule has 1 fully saturated rings. The lowest BCUT2D eigenvalue weighted by Gasteiger charge is -2.37. The molecule has 98 valence electrons. The molecular formula is C16H15BrClN. The maximum atomic E-state index is 5.99. The summed E-state index contributed by atoms with van der Waals surface area (Å²) in [5, 5.41) is 4.32. The van der Waals surface area contributed by atoms with Crippen LogP contribution in [0.1, 0.15) is 24.3 Å². The summed E-state index contributed by atoms with van der Waals surface area (Å²) >= 11 is 9.52. The molecule has 0 aromatic heterocycles. The summed E-state index contributed by atoms with van der Waals surface area (Å²) in [5.74, 6) is 0.675. The number of benzene rings is 2. The van der Waals surface area contributed by atoms with E-state index in [0.29, 0.717) is 12.0 Å². The molecule has 1 saturated carbocycles. The summed E-state index contributed by atoms with van der Waals surface area (Å²) < 4.78 is 1.16. The predicted molar refractivity (Wildman–Crippen MR) is 85.0 cm³/mol. The second-order valence-corrected chi connectivity index (χ2v) is 6.43. The van der Waals surface area contributed by atoms with E-state index in [1.807, 2.05) is 18.2 Å². The molecule has 0 radical (unpaired) electrons. The lowest BCUT2D eigenvalue weighted by Crippen LogP contribution is -2.33. The Morgan fingerprint density at radius 3 is 2.58 bits per heavy atom. The van der Waals surface area contributed by atoms with Crippen molar-refractivity contribution in [2.45, 2.75) is 24.8 Å². The molecule has 0 amide bonds. The molecule has 3 heteroatoms. The van der Waals surface area contributed by atoms with E-state index in [9.17, 15) is 0 Å². The first-order valence-electron chi connectivity index (χ1n) is 6.48. The molecular weight excluding hydrogens is 322 g/mol. The van der Waals surface area contributed by atoms with E-state index in [2.05, 4.69) is 51.6 Å². The molecule has 2 aromatic carbocycles. The van der Waals surface area contributed by atoms with Crippen LogP contribution in [0, 0.1) is 0 Å². The van der Waals surface area contributed by atoms with Gasteiger partial charge >= 0.3 is 0 Å². The zero-order valence-electron chi connectivity index (χ0n) is 10.4. The highest BCUT2D eigenvalue weighted by molar-refractivity contribution is 9.10. The van der Waals surface area contributed by atoms with Crippen molar-refractivity contribution in [3.05, 3.63) is 63.6 Å². The SMILES string of the molecule is Clc1cccc(NC2CC(c3cccc(Br)c3)C2)c1. The number of anilines is 1. The molecule has 0 heterocycles. The van der Waals surface area contributed by atoms with Crippen LogP contribution in [0.4, 0.5) is 5.69 Å². The second kappa shape index (κ2) is 5.56. The minimum Gasteiger partial charge on any atom is -0.382 e. The summed E-state index contributed by atoms with van der Waals surface area (Å²) in [5.41, 5.74) is 2.55. The molecule has 1 N–H and O–H groups in total. The minimum atomic E-state index is 0.558. The van der Waals surface area contributed by atoms with E-state index in [4.69, 9.17) is 11.6 Å². The van der Waals surface area contributed by atoms with Gasteiger partial charge in [0.25, 0.3) is 0 Å². The summed E-state index contributed by atoms with van der Waals surface area (Å²) in [4.78, 5) is 0. The van der Waals surface area contributed by atoms with Crippen LogP contribution < -0.4 is 5.32 Å². The molecule has 3 rings (SSSR count). The molecule has 1 aliphatic rings. The lowest BCUT2D eigenvalue weighted by atomic mass is 9.76. The van der Waals surface area contributed by atoms with Gasteiger partial charge in [-0.25, -0.2) is 0 Å². The molecule has 0 atom stereocenters. The van der Waals surface area contributed by atoms with E-state index < -0.39 is 0 Å². The fourth-order valence-corrected chi connectivity index (χ4v) is 3.19. The number of hydrogen-bond donors (Lipinski definition) is 1. The average molecular weight is 337 g/mol. The molecule has 19 heavy (non-hydrogen) atoms. The predicted octanol–water partition coefficient (Wildman–Crippen LogP) is 5.46. The fourth-order valence-electron chi connectivity index (χ4n) is 2.58. The van der Waals surface area contributed by atoms with Gasteiger partial charge in [0.2, 0.25) is 0 Å². The number of nitrogens with one attached hydrogen (secondary N) is 1. The molecule has 0 saturated heterocycles. The van der Waals surface area contributed by atoms with Gasteiger partial charge in [0.1, 0.15) is 0 Å². The van der Waals surface area contributed by atoms with Crippen LogP contribution in [-0.2, 0) is 0 Å². The van der Waals surface area contributed by atoms with Crippen molar-refractivity contribution in [1.82, 2.24) is 0 Å². The monoisotopic (exact) mass is 335 g/mol. The van der Waals surface area contributed by atoms with E-state index in [-0.39, 0.29) is 0 Å². The van der Waals surface area contributed by atoms with Gasteiger partial charge in [-0.1, -0.05) is 45.7 Å². The van der Waals surface area contributed by atoms with Crippen LogP contribution in [0.5, 0.6) is 0 Å². The second-order valence-electron chi connectivity index (χ2n) is 5.07. The van der Waals surface area contributed by atoms with Gasteiger partial charge in [-0.05, 0) is 54.7 Å². The number of rotatable bonds is 3. The zero-order valence-corrected chi connectivity index (χ0v) is 12.8. The van der Waals surface area contributed by atoms with Crippen LogP contribution in [0.3, 0.4) is 0 Å². The van der Waals surface area contributed by atoms with Gasteiger partial charge in [-0.3, -0.25) is 0 Å². The molecule has 0 unspecified atom stereocenters. The Kier molecular flexibility index (Phi) is 3.81. The van der Waals surface area contributed by atoms with E-state index in [1.165, 1.54) is 18.4 Å². The van der Waals surface area contributed by atoms with Gasteiger partial charge in [0.15, 0.2) is 0 Å². The van der Waals surface area contributed by atoms with Crippen LogP contribution in [0.25, 0.3) is 0 Å². The van der Waals surface area contributed by atoms with Gasteiger partial charge in [0.05, 0.1) is 0 Å². The lowest BCUT2D eigenvalue weighted by molar-refractivity contribution is 0.374. The molecule has 1 nitrogen and oxygen atoms in total. The van der Waals surface area contributed by atoms with Crippen molar-refractivity contribution in [3.63, 3.8) is 0 Å². The summed E-state index contributed by atoms with van der Waals surface area (Å²) in [6.07, 6.45) is 2.37. The normalized spacial score (nSPS) is 21.8. The quantitative estimate of drug-likeness (QED) is 0.784. The molecule has 2 aromatic rings. The smallest absolute Gasteiger partial charge is 0.0426 e. The third-order valence-electron chi connectivity index (χ3n) is 3.65. The first-order chi connectivity index (χ1) is 9.20. The number of hydrogen-bond acceptors (Lipinski definition) is 1. The maximum Gasteiger partial charge on any atom is 0.0426 e. The van der Waals surface area contributed by atoms with Crippen LogP contribution in [0.15, 0.2) is 53.0 Å². The average Bonchev–Trinajstić information content (AvgIpc) is 2.33. The fraction of sp³-hybridized carbons (Fsp3) is 0.250. The Labute approximate surface area is 127 Å². The first kappa shape index (κ1) is 13.0. The first-order valence-corrected chi connectivity index (χ1v) is 7.65. The number of halogens is 2. The van der Waals surface area contributed by atoms with Crippen molar-refractivity contribution in [2.75, 3.05) is 5.32 Å². The Balaban J connectivity index is 1.58. The van der Waals surface area contributed by atoms with Crippen molar-refractivity contribution >= 4 is 33.2 Å². The van der Waals surface area contributed by atoms with Gasteiger partial charge < -0.3 is 5.32 Å². The Hall–Kier alpha value is -0.990. The molecule has 1 aliphatic carbocycles. The van der Waals surface area contributed by atoms with Gasteiger partial charge in [-0.15, -0.1) is 0 Å². The van der Waals surface area contributed by atoms with Crippen molar-refractivity contribution in [1.29, 1.82) is 0 Å². The van der Waals surface area contributed by atoms with E-state index in [1.54, 1.807) is 0 Å². The van der Waals surface area contributed by atoms with Crippen LogP contribution >= 0.6 is 27.5 Å². The Morgan fingerprint density at radius 1 is 1.05 bits per heavy atom. The van der Waals surface area contributed by atoms with Crippen molar-refractivity contribution in [2.24, 2.45) is 0 Å². The molecule has 0 bridgehead atoms. The van der Waals surface area contributed by atoms with E-state index in [0.717, 1.165) is 15.2 Å². The third-order valence-corrected chi connectivity index (χ3v) is 4.38. The molecule has 0 spiro atoms. The standard InChI is InChI=1S/C16H15BrClN/c17-13-4-1-3-11(7-13)12-8-16(9-12)19-15-6-2-5-14(18)10-15/h1-7,10,12,16,19H,8-9H2. The Morgan fingerprint density at radius 2 is 1.84 bits per heavy atom. The van der Waals surface area contributed by atoms with Gasteiger partial charge in [0, 0.05) is 21.2 Å². The maximum absolute atomic E-state index is 5.99. The minimum absolute atomic E-state index is 0.558. The van der Waals surface area contributed by atoms with Crippen molar-refractivity contribution in [3.8, 4) is 0 Å². The molecule has 0 aliphatic heterocycles. The van der Waals surface area contributed by atoms with Gasteiger partial charge in [-0.2, -0.15) is 0 Å². The highest BCUT2D eigenvalue weighted by atomic mass is 79.9. The largest absolute Gasteiger partial charge is 0.382 e. The van der Waals surface area contributed by atoms with Crippen LogP contribution in [-0.4, -0.2) is 6.04 Å². The van der Waals surface area contributed by atoms with Crippen molar-refractivity contribution < 1.29 is 0 Å². The summed E-state index contributed by atoms with van der Waals surface area (Å²) in [6.45, 7) is 0. The summed E-state index contributed by atoms with van der Waals surface area (Å²) in [6, 6.07) is 17.1. The topological polar surface area (TPSA) is 12.0 Å². The summed E-state index contributed by atoms with van der Waals surface area (Å²) in [7, 11) is 0.